The van der Waals surface area contributed by atoms with E-state index in [1.807, 2.05) is 36.4 Å². The molecule has 1 atom stereocenters. The predicted molar refractivity (Wildman–Crippen MR) is 98.2 cm³/mol. The molecule has 1 unspecified atom stereocenters. The van der Waals surface area contributed by atoms with Gasteiger partial charge < -0.3 is 5.32 Å². The number of aromatic nitrogens is 4. The molecular weight excluding hydrogens is 350 g/mol. The van der Waals surface area contributed by atoms with Gasteiger partial charge in [-0.05, 0) is 65.1 Å². The zero-order chi connectivity index (χ0) is 17.9. The van der Waals surface area contributed by atoms with Crippen LogP contribution in [-0.2, 0) is 0 Å². The number of carbonyl (C=O) groups excluding carboxylic acids is 1. The average Bonchev–Trinajstić information content (AvgIpc) is 3.15. The van der Waals surface area contributed by atoms with E-state index in [4.69, 9.17) is 11.6 Å². The molecule has 1 amide bonds. The third kappa shape index (κ3) is 3.46. The second kappa shape index (κ2) is 7.25. The lowest BCUT2D eigenvalue weighted by molar-refractivity contribution is 0.0900. The van der Waals surface area contributed by atoms with Crippen LogP contribution in [0.4, 0.5) is 0 Å². The zero-order valence-corrected chi connectivity index (χ0v) is 14.8. The van der Waals surface area contributed by atoms with Crippen molar-refractivity contribution in [3.63, 3.8) is 0 Å². The average molecular weight is 368 g/mol. The van der Waals surface area contributed by atoms with Gasteiger partial charge in [0.15, 0.2) is 0 Å². The molecule has 1 heterocycles. The Labute approximate surface area is 156 Å². The van der Waals surface area contributed by atoms with E-state index >= 15 is 0 Å². The maximum absolute atomic E-state index is 12.9. The second-order valence-corrected chi connectivity index (χ2v) is 6.93. The summed E-state index contributed by atoms with van der Waals surface area (Å²) in [4.78, 5) is 12.9. The van der Waals surface area contributed by atoms with Crippen LogP contribution in [0.2, 0.25) is 5.02 Å². The molecule has 1 fully saturated rings. The van der Waals surface area contributed by atoms with Gasteiger partial charge in [-0.3, -0.25) is 4.79 Å². The summed E-state index contributed by atoms with van der Waals surface area (Å²) in [5.41, 5.74) is 2.41. The van der Waals surface area contributed by atoms with Gasteiger partial charge in [0.2, 0.25) is 0 Å². The van der Waals surface area contributed by atoms with E-state index in [0.717, 1.165) is 24.1 Å². The first-order valence-electron chi connectivity index (χ1n) is 8.60. The number of tetrazole rings is 1. The predicted octanol–water partition coefficient (Wildman–Crippen LogP) is 3.59. The van der Waals surface area contributed by atoms with Crippen molar-refractivity contribution in [2.75, 3.05) is 0 Å². The van der Waals surface area contributed by atoms with E-state index in [9.17, 15) is 4.79 Å². The summed E-state index contributed by atoms with van der Waals surface area (Å²) in [6.07, 6.45) is 4.96. The van der Waals surface area contributed by atoms with Gasteiger partial charge >= 0.3 is 0 Å². The third-order valence-corrected chi connectivity index (χ3v) is 5.11. The molecule has 7 heteroatoms. The highest BCUT2D eigenvalue weighted by Crippen LogP contribution is 2.38. The van der Waals surface area contributed by atoms with Gasteiger partial charge in [0.05, 0.1) is 11.7 Å². The smallest absolute Gasteiger partial charge is 0.251 e. The van der Waals surface area contributed by atoms with Crippen LogP contribution in [0, 0.1) is 5.92 Å². The second-order valence-electron chi connectivity index (χ2n) is 6.50. The van der Waals surface area contributed by atoms with Gasteiger partial charge in [-0.25, -0.2) is 4.68 Å². The van der Waals surface area contributed by atoms with E-state index in [-0.39, 0.29) is 11.9 Å². The van der Waals surface area contributed by atoms with Crippen molar-refractivity contribution in [1.82, 2.24) is 25.5 Å². The molecule has 132 valence electrons. The van der Waals surface area contributed by atoms with Gasteiger partial charge in [-0.2, -0.15) is 0 Å². The number of halogens is 1. The van der Waals surface area contributed by atoms with Crippen LogP contribution < -0.4 is 5.32 Å². The molecule has 0 radical (unpaired) electrons. The fraction of sp³-hybridized carbons (Fsp3) is 0.263. The fourth-order valence-corrected chi connectivity index (χ4v) is 3.34. The molecule has 0 aliphatic heterocycles. The molecule has 1 N–H and O–H groups in total. The van der Waals surface area contributed by atoms with Gasteiger partial charge in [0.1, 0.15) is 6.33 Å². The first-order chi connectivity index (χ1) is 12.7. The van der Waals surface area contributed by atoms with Crippen LogP contribution in [0.5, 0.6) is 0 Å². The van der Waals surface area contributed by atoms with E-state index in [0.29, 0.717) is 16.5 Å². The minimum Gasteiger partial charge on any atom is -0.345 e. The number of benzene rings is 2. The van der Waals surface area contributed by atoms with Crippen molar-refractivity contribution in [3.8, 4) is 5.69 Å². The summed E-state index contributed by atoms with van der Waals surface area (Å²) < 4.78 is 1.53. The number of carbonyl (C=O) groups is 1. The van der Waals surface area contributed by atoms with Crippen LogP contribution in [0.1, 0.15) is 41.2 Å². The topological polar surface area (TPSA) is 72.7 Å². The summed E-state index contributed by atoms with van der Waals surface area (Å²) in [6, 6.07) is 15.0. The van der Waals surface area contributed by atoms with Gasteiger partial charge in [0, 0.05) is 10.6 Å². The van der Waals surface area contributed by atoms with Gasteiger partial charge in [-0.1, -0.05) is 36.2 Å². The molecule has 0 bridgehead atoms. The summed E-state index contributed by atoms with van der Waals surface area (Å²) in [5, 5.41) is 15.0. The molecule has 4 rings (SSSR count). The normalized spacial score (nSPS) is 15.3. The molecule has 1 saturated carbocycles. The summed E-state index contributed by atoms with van der Waals surface area (Å²) in [7, 11) is 0. The Morgan fingerprint density at radius 2 is 2.00 bits per heavy atom. The van der Waals surface area contributed by atoms with Gasteiger partial charge in [-0.15, -0.1) is 5.10 Å². The summed E-state index contributed by atoms with van der Waals surface area (Å²) in [6.45, 7) is 0. The minimum atomic E-state index is -0.105. The summed E-state index contributed by atoms with van der Waals surface area (Å²) in [5.74, 6) is 0.356. The molecule has 0 saturated heterocycles. The molecule has 0 spiro atoms. The van der Waals surface area contributed by atoms with Crippen molar-refractivity contribution in [1.29, 1.82) is 0 Å². The van der Waals surface area contributed by atoms with E-state index in [2.05, 4.69) is 20.8 Å². The van der Waals surface area contributed by atoms with Crippen LogP contribution >= 0.6 is 11.6 Å². The van der Waals surface area contributed by atoms with Crippen molar-refractivity contribution in [3.05, 3.63) is 71.0 Å². The lowest BCUT2D eigenvalue weighted by atomic mass is 9.77. The Morgan fingerprint density at radius 1 is 1.19 bits per heavy atom. The molecule has 26 heavy (non-hydrogen) atoms. The molecule has 6 nitrogen and oxygen atoms in total. The Kier molecular flexibility index (Phi) is 4.67. The number of hydrogen-bond donors (Lipinski definition) is 1. The highest BCUT2D eigenvalue weighted by atomic mass is 35.5. The van der Waals surface area contributed by atoms with Crippen LogP contribution in [0.25, 0.3) is 5.69 Å². The van der Waals surface area contributed by atoms with E-state index in [1.54, 1.807) is 12.1 Å². The van der Waals surface area contributed by atoms with Crippen LogP contribution in [0.15, 0.2) is 54.9 Å². The Bertz CT molecular complexity index is 891. The molecule has 1 aliphatic carbocycles. The lowest BCUT2D eigenvalue weighted by Gasteiger charge is -2.34. The number of nitrogens with zero attached hydrogens (tertiary/aromatic N) is 4. The molecule has 1 aliphatic rings. The highest BCUT2D eigenvalue weighted by molar-refractivity contribution is 6.30. The van der Waals surface area contributed by atoms with Crippen LogP contribution in [0.3, 0.4) is 0 Å². The van der Waals surface area contributed by atoms with Crippen molar-refractivity contribution < 1.29 is 4.79 Å². The van der Waals surface area contributed by atoms with E-state index in [1.165, 1.54) is 17.4 Å². The molecule has 3 aromatic rings. The third-order valence-electron chi connectivity index (χ3n) is 4.86. The quantitative estimate of drug-likeness (QED) is 0.748. The maximum Gasteiger partial charge on any atom is 0.251 e. The van der Waals surface area contributed by atoms with E-state index < -0.39 is 0 Å². The van der Waals surface area contributed by atoms with Crippen molar-refractivity contribution >= 4 is 17.5 Å². The van der Waals surface area contributed by atoms with Crippen LogP contribution in [-0.4, -0.2) is 26.1 Å². The monoisotopic (exact) mass is 367 g/mol. The minimum absolute atomic E-state index is 0.00907. The Hall–Kier alpha value is -2.73. The highest BCUT2D eigenvalue weighted by Gasteiger charge is 2.30. The molecule has 1 aromatic heterocycles. The molecular formula is C19H18ClN5O. The molecule has 2 aromatic carbocycles. The number of nitrogens with one attached hydrogen (secondary N) is 1. The maximum atomic E-state index is 12.9. The van der Waals surface area contributed by atoms with Crippen molar-refractivity contribution in [2.45, 2.75) is 25.3 Å². The Morgan fingerprint density at radius 3 is 2.65 bits per heavy atom. The largest absolute Gasteiger partial charge is 0.345 e. The fourth-order valence-electron chi connectivity index (χ4n) is 3.21. The zero-order valence-electron chi connectivity index (χ0n) is 14.0. The SMILES string of the molecule is O=C(NC(c1ccc(Cl)cc1)C1CCC1)c1cccc(-n2cnnn2)c1. The first kappa shape index (κ1) is 16.7. The Balaban J connectivity index is 1.57. The first-order valence-corrected chi connectivity index (χ1v) is 8.98. The standard InChI is InChI=1S/C19H18ClN5O/c20-16-9-7-14(8-10-16)18(13-3-1-4-13)22-19(26)15-5-2-6-17(11-15)25-12-21-23-24-25/h2,5-13,18H,1,3-4H2,(H,22,26). The number of amides is 1. The number of hydrogen-bond acceptors (Lipinski definition) is 4. The van der Waals surface area contributed by atoms with Crippen molar-refractivity contribution in [2.24, 2.45) is 5.92 Å². The van der Waals surface area contributed by atoms with Gasteiger partial charge in [0.25, 0.3) is 5.91 Å². The number of rotatable bonds is 5. The lowest BCUT2D eigenvalue weighted by Crippen LogP contribution is -2.36. The summed E-state index contributed by atoms with van der Waals surface area (Å²) >= 11 is 6.01.